The molecule has 82 valence electrons. The first kappa shape index (κ1) is 11.6. The second-order valence-corrected chi connectivity index (χ2v) is 3.25. The van der Waals surface area contributed by atoms with Gasteiger partial charge in [-0.15, -0.1) is 0 Å². The minimum atomic E-state index is -0.250. The third-order valence-electron chi connectivity index (χ3n) is 2.23. The molecule has 0 saturated heterocycles. The molecule has 0 N–H and O–H groups in total. The van der Waals surface area contributed by atoms with Crippen molar-refractivity contribution in [1.82, 2.24) is 0 Å². The minimum absolute atomic E-state index is 0.203. The van der Waals surface area contributed by atoms with Crippen molar-refractivity contribution in [3.8, 4) is 5.75 Å². The molecule has 3 heteroatoms. The van der Waals surface area contributed by atoms with Gasteiger partial charge >= 0.3 is 5.97 Å². The van der Waals surface area contributed by atoms with Crippen LogP contribution in [0.4, 0.5) is 0 Å². The van der Waals surface area contributed by atoms with Crippen LogP contribution >= 0.6 is 0 Å². The second kappa shape index (κ2) is 5.39. The summed E-state index contributed by atoms with van der Waals surface area (Å²) in [5, 5.41) is 0. The summed E-state index contributed by atoms with van der Waals surface area (Å²) in [5.41, 5.74) is 0.910. The highest BCUT2D eigenvalue weighted by molar-refractivity contribution is 5.77. The number of hydrogen-bond donors (Lipinski definition) is 0. The van der Waals surface area contributed by atoms with E-state index in [-0.39, 0.29) is 11.9 Å². The quantitative estimate of drug-likeness (QED) is 0.712. The first-order valence-corrected chi connectivity index (χ1v) is 4.99. The van der Waals surface area contributed by atoms with Gasteiger partial charge in [0.1, 0.15) is 5.75 Å². The summed E-state index contributed by atoms with van der Waals surface area (Å²) in [7, 11) is 1.61. The molecule has 3 nitrogen and oxygen atoms in total. The van der Waals surface area contributed by atoms with Gasteiger partial charge in [-0.3, -0.25) is 4.79 Å². The molecule has 0 aliphatic rings. The molecular formula is C12H16O3. The van der Waals surface area contributed by atoms with Gasteiger partial charge in [0, 0.05) is 0 Å². The molecule has 0 fully saturated rings. The van der Waals surface area contributed by atoms with Gasteiger partial charge in [0.05, 0.1) is 19.6 Å². The van der Waals surface area contributed by atoms with E-state index < -0.39 is 0 Å². The molecule has 1 aromatic rings. The molecule has 1 aromatic carbocycles. The van der Waals surface area contributed by atoms with E-state index in [1.54, 1.807) is 14.0 Å². The third kappa shape index (κ3) is 2.98. The maximum Gasteiger partial charge on any atom is 0.313 e. The predicted octanol–water partition coefficient (Wildman–Crippen LogP) is 2.36. The number of ether oxygens (including phenoxy) is 2. The molecule has 0 aliphatic heterocycles. The Morgan fingerprint density at radius 2 is 2.20 bits per heavy atom. The van der Waals surface area contributed by atoms with Crippen LogP contribution in [0, 0.1) is 0 Å². The van der Waals surface area contributed by atoms with Crippen molar-refractivity contribution in [1.29, 1.82) is 0 Å². The van der Waals surface area contributed by atoms with E-state index in [4.69, 9.17) is 9.47 Å². The van der Waals surface area contributed by atoms with Crippen molar-refractivity contribution < 1.29 is 14.3 Å². The van der Waals surface area contributed by atoms with Gasteiger partial charge in [0.2, 0.25) is 0 Å². The number of hydrogen-bond acceptors (Lipinski definition) is 3. The van der Waals surface area contributed by atoms with Crippen LogP contribution < -0.4 is 4.74 Å². The van der Waals surface area contributed by atoms with Crippen molar-refractivity contribution >= 4 is 5.97 Å². The van der Waals surface area contributed by atoms with Crippen LogP contribution in [0.25, 0.3) is 0 Å². The molecule has 0 amide bonds. The highest BCUT2D eigenvalue weighted by atomic mass is 16.5. The van der Waals surface area contributed by atoms with E-state index in [2.05, 4.69) is 0 Å². The lowest BCUT2D eigenvalue weighted by Crippen LogP contribution is -2.12. The Morgan fingerprint density at radius 1 is 1.47 bits per heavy atom. The fourth-order valence-electron chi connectivity index (χ4n) is 1.31. The van der Waals surface area contributed by atoms with Crippen molar-refractivity contribution in [2.24, 2.45) is 0 Å². The molecule has 0 bridgehead atoms. The SMILES string of the molecule is CCOC(=O)C(C)c1cccc(OC)c1. The standard InChI is InChI=1S/C12H16O3/c1-4-15-12(13)9(2)10-6-5-7-11(8-10)14-3/h5-9H,4H2,1-3H3. The molecule has 15 heavy (non-hydrogen) atoms. The van der Waals surface area contributed by atoms with E-state index in [1.165, 1.54) is 0 Å². The lowest BCUT2D eigenvalue weighted by Gasteiger charge is -2.11. The summed E-state index contributed by atoms with van der Waals surface area (Å²) in [4.78, 5) is 11.5. The highest BCUT2D eigenvalue weighted by Gasteiger charge is 2.16. The molecule has 0 heterocycles. The van der Waals surface area contributed by atoms with Crippen LogP contribution in [0.2, 0.25) is 0 Å². The third-order valence-corrected chi connectivity index (χ3v) is 2.23. The monoisotopic (exact) mass is 208 g/mol. The Labute approximate surface area is 90.0 Å². The predicted molar refractivity (Wildman–Crippen MR) is 58.0 cm³/mol. The smallest absolute Gasteiger partial charge is 0.313 e. The number of carbonyl (C=O) groups is 1. The van der Waals surface area contributed by atoms with Gasteiger partial charge in [-0.25, -0.2) is 0 Å². The average Bonchev–Trinajstić information content (AvgIpc) is 2.28. The van der Waals surface area contributed by atoms with Gasteiger partial charge in [0.25, 0.3) is 0 Å². The minimum Gasteiger partial charge on any atom is -0.497 e. The van der Waals surface area contributed by atoms with Crippen molar-refractivity contribution in [2.45, 2.75) is 19.8 Å². The molecule has 1 unspecified atom stereocenters. The maximum atomic E-state index is 11.5. The zero-order chi connectivity index (χ0) is 11.3. The molecule has 0 spiro atoms. The zero-order valence-electron chi connectivity index (χ0n) is 9.32. The number of esters is 1. The van der Waals surface area contributed by atoms with Crippen molar-refractivity contribution in [2.75, 3.05) is 13.7 Å². The Kier molecular flexibility index (Phi) is 4.16. The summed E-state index contributed by atoms with van der Waals surface area (Å²) in [6.45, 7) is 4.04. The molecule has 0 radical (unpaired) electrons. The van der Waals surface area contributed by atoms with Gasteiger partial charge in [-0.05, 0) is 31.5 Å². The van der Waals surface area contributed by atoms with Crippen molar-refractivity contribution in [3.63, 3.8) is 0 Å². The van der Waals surface area contributed by atoms with E-state index in [0.717, 1.165) is 11.3 Å². The Bertz CT molecular complexity index is 333. The number of rotatable bonds is 4. The highest BCUT2D eigenvalue weighted by Crippen LogP contribution is 2.21. The fourth-order valence-corrected chi connectivity index (χ4v) is 1.31. The lowest BCUT2D eigenvalue weighted by atomic mass is 10.0. The summed E-state index contributed by atoms with van der Waals surface area (Å²) in [6.07, 6.45) is 0. The molecular weight excluding hydrogens is 192 g/mol. The largest absolute Gasteiger partial charge is 0.497 e. The van der Waals surface area contributed by atoms with E-state index >= 15 is 0 Å². The zero-order valence-corrected chi connectivity index (χ0v) is 9.32. The van der Waals surface area contributed by atoms with Gasteiger partial charge < -0.3 is 9.47 Å². The van der Waals surface area contributed by atoms with Gasteiger partial charge in [0.15, 0.2) is 0 Å². The number of benzene rings is 1. The van der Waals surface area contributed by atoms with Crippen LogP contribution in [-0.4, -0.2) is 19.7 Å². The number of methoxy groups -OCH3 is 1. The molecule has 1 rings (SSSR count). The summed E-state index contributed by atoms with van der Waals surface area (Å²) in [5.74, 6) is 0.300. The maximum absolute atomic E-state index is 11.5. The Morgan fingerprint density at radius 3 is 2.80 bits per heavy atom. The number of carbonyl (C=O) groups excluding carboxylic acids is 1. The van der Waals surface area contributed by atoms with E-state index in [1.807, 2.05) is 31.2 Å². The topological polar surface area (TPSA) is 35.5 Å². The second-order valence-electron chi connectivity index (χ2n) is 3.25. The van der Waals surface area contributed by atoms with E-state index in [9.17, 15) is 4.79 Å². The summed E-state index contributed by atoms with van der Waals surface area (Å²) in [6, 6.07) is 7.46. The Hall–Kier alpha value is -1.51. The molecule has 0 saturated carbocycles. The average molecular weight is 208 g/mol. The van der Waals surface area contributed by atoms with Crippen LogP contribution in [0.5, 0.6) is 5.75 Å². The van der Waals surface area contributed by atoms with Crippen LogP contribution in [0.15, 0.2) is 24.3 Å². The normalized spacial score (nSPS) is 11.9. The first-order valence-electron chi connectivity index (χ1n) is 4.99. The summed E-state index contributed by atoms with van der Waals surface area (Å²) < 4.78 is 10.0. The fraction of sp³-hybridized carbons (Fsp3) is 0.417. The van der Waals surface area contributed by atoms with Gasteiger partial charge in [-0.2, -0.15) is 0 Å². The van der Waals surface area contributed by atoms with Crippen LogP contribution in [-0.2, 0) is 9.53 Å². The van der Waals surface area contributed by atoms with Crippen LogP contribution in [0.1, 0.15) is 25.3 Å². The lowest BCUT2D eigenvalue weighted by molar-refractivity contribution is -0.144. The van der Waals surface area contributed by atoms with Crippen molar-refractivity contribution in [3.05, 3.63) is 29.8 Å². The van der Waals surface area contributed by atoms with Gasteiger partial charge in [-0.1, -0.05) is 12.1 Å². The summed E-state index contributed by atoms with van der Waals surface area (Å²) >= 11 is 0. The Balaban J connectivity index is 2.81. The first-order chi connectivity index (χ1) is 7.19. The molecule has 0 aromatic heterocycles. The van der Waals surface area contributed by atoms with E-state index in [0.29, 0.717) is 6.61 Å². The van der Waals surface area contributed by atoms with Crippen LogP contribution in [0.3, 0.4) is 0 Å². The molecule has 1 atom stereocenters. The molecule has 0 aliphatic carbocycles.